The maximum absolute atomic E-state index is 11.7. The Labute approximate surface area is 98.2 Å². The van der Waals surface area contributed by atoms with Gasteiger partial charge in [-0.25, -0.2) is 13.1 Å². The number of aliphatic hydroxyl groups excluding tert-OH is 1. The number of hydrogen-bond donors (Lipinski definition) is 2. The van der Waals surface area contributed by atoms with Gasteiger partial charge in [0.25, 0.3) is 0 Å². The molecule has 0 fully saturated rings. The molecule has 0 aromatic heterocycles. The number of aliphatic hydroxyl groups is 1. The van der Waals surface area contributed by atoms with Gasteiger partial charge >= 0.3 is 0 Å². The van der Waals surface area contributed by atoms with Crippen molar-refractivity contribution in [2.24, 2.45) is 5.92 Å². The minimum Gasteiger partial charge on any atom is -0.395 e. The highest BCUT2D eigenvalue weighted by atomic mass is 32.2. The van der Waals surface area contributed by atoms with Gasteiger partial charge in [0.05, 0.1) is 18.5 Å². The van der Waals surface area contributed by atoms with Crippen LogP contribution in [0.3, 0.4) is 0 Å². The molecule has 6 heteroatoms. The van der Waals surface area contributed by atoms with Crippen molar-refractivity contribution in [2.45, 2.75) is 39.0 Å². The first-order valence-electron chi connectivity index (χ1n) is 5.54. The summed E-state index contributed by atoms with van der Waals surface area (Å²) in [6, 6.07) is -0.251. The van der Waals surface area contributed by atoms with Crippen molar-refractivity contribution in [3.8, 4) is 0 Å². The van der Waals surface area contributed by atoms with E-state index in [9.17, 15) is 8.42 Å². The number of sulfonamides is 1. The van der Waals surface area contributed by atoms with Gasteiger partial charge in [-0.15, -0.1) is 0 Å². The van der Waals surface area contributed by atoms with Gasteiger partial charge in [0.15, 0.2) is 0 Å². The van der Waals surface area contributed by atoms with Gasteiger partial charge in [-0.1, -0.05) is 13.8 Å². The molecule has 0 saturated carbocycles. The fourth-order valence-electron chi connectivity index (χ4n) is 1.03. The first-order valence-corrected chi connectivity index (χ1v) is 7.09. The number of rotatable bonds is 8. The van der Waals surface area contributed by atoms with Crippen LogP contribution in [0.5, 0.6) is 0 Å². The zero-order valence-corrected chi connectivity index (χ0v) is 11.3. The predicted octanol–water partition coefficient (Wildman–Crippen LogP) is 0.348. The van der Waals surface area contributed by atoms with Crippen LogP contribution >= 0.6 is 0 Å². The lowest BCUT2D eigenvalue weighted by atomic mass is 10.1. The van der Waals surface area contributed by atoms with Crippen molar-refractivity contribution in [1.82, 2.24) is 4.72 Å². The normalized spacial score (nSPS) is 16.4. The van der Waals surface area contributed by atoms with Crippen LogP contribution in [0.15, 0.2) is 0 Å². The fourth-order valence-corrected chi connectivity index (χ4v) is 2.22. The van der Waals surface area contributed by atoms with E-state index in [1.165, 1.54) is 6.92 Å². The molecular formula is C10H23NO4S. The maximum Gasteiger partial charge on any atom is 0.216 e. The van der Waals surface area contributed by atoms with Crippen molar-refractivity contribution in [3.63, 3.8) is 0 Å². The molecule has 16 heavy (non-hydrogen) atoms. The van der Waals surface area contributed by atoms with E-state index >= 15 is 0 Å². The first kappa shape index (κ1) is 15.8. The third kappa shape index (κ3) is 5.25. The van der Waals surface area contributed by atoms with E-state index < -0.39 is 15.3 Å². The molecule has 0 amide bonds. The van der Waals surface area contributed by atoms with Crippen LogP contribution in [0.2, 0.25) is 0 Å². The van der Waals surface area contributed by atoms with Crippen LogP contribution in [0.25, 0.3) is 0 Å². The standard InChI is InChI=1S/C10H23NO4S/c1-5-15-7-10(8(2)3)11-16(13,14)9(4)6-12/h8-12H,5-7H2,1-4H3. The van der Waals surface area contributed by atoms with Gasteiger partial charge in [-0.2, -0.15) is 0 Å². The summed E-state index contributed by atoms with van der Waals surface area (Å²) in [4.78, 5) is 0. The van der Waals surface area contributed by atoms with Crippen molar-refractivity contribution >= 4 is 10.0 Å². The van der Waals surface area contributed by atoms with Crippen molar-refractivity contribution in [1.29, 1.82) is 0 Å². The molecule has 0 aliphatic heterocycles. The van der Waals surface area contributed by atoms with E-state index in [-0.39, 0.29) is 18.6 Å². The third-order valence-corrected chi connectivity index (χ3v) is 4.25. The molecule has 2 unspecified atom stereocenters. The molecule has 0 aromatic rings. The van der Waals surface area contributed by atoms with Crippen LogP contribution < -0.4 is 4.72 Å². The molecule has 0 rings (SSSR count). The average Bonchev–Trinajstić information content (AvgIpc) is 2.22. The van der Waals surface area contributed by atoms with E-state index in [1.54, 1.807) is 0 Å². The van der Waals surface area contributed by atoms with Crippen LogP contribution in [0.4, 0.5) is 0 Å². The van der Waals surface area contributed by atoms with Crippen LogP contribution in [0.1, 0.15) is 27.7 Å². The minimum absolute atomic E-state index is 0.146. The smallest absolute Gasteiger partial charge is 0.216 e. The van der Waals surface area contributed by atoms with Crippen LogP contribution in [-0.4, -0.2) is 44.6 Å². The highest BCUT2D eigenvalue weighted by molar-refractivity contribution is 7.90. The second kappa shape index (κ2) is 7.21. The van der Waals surface area contributed by atoms with Crippen LogP contribution in [0, 0.1) is 5.92 Å². The number of ether oxygens (including phenoxy) is 1. The van der Waals surface area contributed by atoms with E-state index in [0.29, 0.717) is 13.2 Å². The molecule has 0 heterocycles. The molecule has 2 atom stereocenters. The molecule has 0 aromatic carbocycles. The topological polar surface area (TPSA) is 75.6 Å². The Morgan fingerprint density at radius 2 is 1.88 bits per heavy atom. The van der Waals surface area contributed by atoms with Gasteiger partial charge < -0.3 is 9.84 Å². The summed E-state index contributed by atoms with van der Waals surface area (Å²) in [6.45, 7) is 7.72. The monoisotopic (exact) mass is 253 g/mol. The summed E-state index contributed by atoms with van der Waals surface area (Å²) >= 11 is 0. The zero-order chi connectivity index (χ0) is 12.8. The molecule has 5 nitrogen and oxygen atoms in total. The second-order valence-corrected chi connectivity index (χ2v) is 6.30. The highest BCUT2D eigenvalue weighted by Crippen LogP contribution is 2.07. The quantitative estimate of drug-likeness (QED) is 0.654. The molecule has 0 saturated heterocycles. The molecule has 0 aliphatic carbocycles. The minimum atomic E-state index is -3.47. The van der Waals surface area contributed by atoms with Gasteiger partial charge in [0.2, 0.25) is 10.0 Å². The van der Waals surface area contributed by atoms with Gasteiger partial charge in [0.1, 0.15) is 0 Å². The van der Waals surface area contributed by atoms with Gasteiger partial charge in [-0.3, -0.25) is 0 Å². The van der Waals surface area contributed by atoms with E-state index in [4.69, 9.17) is 9.84 Å². The summed E-state index contributed by atoms with van der Waals surface area (Å²) < 4.78 is 31.2. The molecule has 0 aliphatic rings. The lowest BCUT2D eigenvalue weighted by molar-refractivity contribution is 0.116. The Kier molecular flexibility index (Phi) is 7.14. The Balaban J connectivity index is 4.50. The summed E-state index contributed by atoms with van der Waals surface area (Å²) in [6.07, 6.45) is 0. The molecule has 0 spiro atoms. The first-order chi connectivity index (χ1) is 7.35. The van der Waals surface area contributed by atoms with Gasteiger partial charge in [0, 0.05) is 12.6 Å². The Hall–Kier alpha value is -0.170. The summed E-state index contributed by atoms with van der Waals surface area (Å²) in [5, 5.41) is 8.05. The SMILES string of the molecule is CCOCC(NS(=O)(=O)C(C)CO)C(C)C. The summed E-state index contributed by atoms with van der Waals surface area (Å²) in [7, 11) is -3.47. The average molecular weight is 253 g/mol. The Morgan fingerprint density at radius 3 is 2.25 bits per heavy atom. The van der Waals surface area contributed by atoms with Crippen molar-refractivity contribution in [3.05, 3.63) is 0 Å². The van der Waals surface area contributed by atoms with E-state index in [1.807, 2.05) is 20.8 Å². The molecule has 98 valence electrons. The lowest BCUT2D eigenvalue weighted by Gasteiger charge is -2.23. The zero-order valence-electron chi connectivity index (χ0n) is 10.4. The summed E-state index contributed by atoms with van der Waals surface area (Å²) in [5.74, 6) is 0.146. The molecule has 2 N–H and O–H groups in total. The third-order valence-electron chi connectivity index (χ3n) is 2.41. The van der Waals surface area contributed by atoms with Crippen molar-refractivity contribution in [2.75, 3.05) is 19.8 Å². The van der Waals surface area contributed by atoms with E-state index in [2.05, 4.69) is 4.72 Å². The molecule has 0 bridgehead atoms. The van der Waals surface area contributed by atoms with Crippen molar-refractivity contribution < 1.29 is 18.3 Å². The summed E-state index contributed by atoms with van der Waals surface area (Å²) in [5.41, 5.74) is 0. The van der Waals surface area contributed by atoms with Gasteiger partial charge in [-0.05, 0) is 19.8 Å². The Bertz CT molecular complexity index is 277. The predicted molar refractivity (Wildman–Crippen MR) is 63.7 cm³/mol. The molecule has 0 radical (unpaired) electrons. The lowest BCUT2D eigenvalue weighted by Crippen LogP contribution is -2.46. The van der Waals surface area contributed by atoms with E-state index in [0.717, 1.165) is 0 Å². The second-order valence-electron chi connectivity index (χ2n) is 4.17. The largest absolute Gasteiger partial charge is 0.395 e. The molecular weight excluding hydrogens is 230 g/mol. The Morgan fingerprint density at radius 1 is 1.31 bits per heavy atom. The number of nitrogens with one attached hydrogen (secondary N) is 1. The maximum atomic E-state index is 11.7. The van der Waals surface area contributed by atoms with Crippen LogP contribution in [-0.2, 0) is 14.8 Å². The highest BCUT2D eigenvalue weighted by Gasteiger charge is 2.25. The fraction of sp³-hybridized carbons (Fsp3) is 1.00. The number of hydrogen-bond acceptors (Lipinski definition) is 4.